The predicted octanol–water partition coefficient (Wildman–Crippen LogP) is 3.77. The van der Waals surface area contributed by atoms with Gasteiger partial charge >= 0.3 is 6.09 Å². The Labute approximate surface area is 213 Å². The van der Waals surface area contributed by atoms with Crippen LogP contribution in [0.3, 0.4) is 0 Å². The average molecular weight is 551 g/mol. The van der Waals surface area contributed by atoms with Gasteiger partial charge in [0.25, 0.3) is 11.8 Å². The summed E-state index contributed by atoms with van der Waals surface area (Å²) in [4.78, 5) is 38.5. The Hall–Kier alpha value is -2.53. The van der Waals surface area contributed by atoms with Crippen molar-refractivity contribution in [2.75, 3.05) is 52.7 Å². The van der Waals surface area contributed by atoms with Crippen molar-refractivity contribution in [2.24, 2.45) is 0 Å². The molecule has 35 heavy (non-hydrogen) atoms. The SMILES string of the molecule is CC(C)(C)OC(=O)NCCOCCOCCOCCN1C(=O)c2cccc3c(Br)ccc(c23)C1=O. The molecule has 1 N–H and O–H groups in total. The van der Waals surface area contributed by atoms with Crippen LogP contribution in [0.15, 0.2) is 34.8 Å². The van der Waals surface area contributed by atoms with Gasteiger partial charge in [0.2, 0.25) is 0 Å². The molecule has 3 rings (SSSR count). The quantitative estimate of drug-likeness (QED) is 0.317. The number of amides is 3. The lowest BCUT2D eigenvalue weighted by molar-refractivity contribution is 0.0105. The lowest BCUT2D eigenvalue weighted by atomic mass is 9.94. The molecule has 3 amide bonds. The van der Waals surface area contributed by atoms with Crippen LogP contribution in [0.25, 0.3) is 10.8 Å². The minimum Gasteiger partial charge on any atom is -0.444 e. The monoisotopic (exact) mass is 550 g/mol. The molecule has 0 aliphatic carbocycles. The molecule has 1 aliphatic heterocycles. The third kappa shape index (κ3) is 7.47. The number of hydrogen-bond donors (Lipinski definition) is 1. The molecule has 0 bridgehead atoms. The second-order valence-electron chi connectivity index (χ2n) is 8.85. The number of carbonyl (C=O) groups is 3. The van der Waals surface area contributed by atoms with E-state index in [2.05, 4.69) is 21.2 Å². The van der Waals surface area contributed by atoms with Gasteiger partial charge in [-0.25, -0.2) is 4.79 Å². The van der Waals surface area contributed by atoms with E-state index in [0.717, 1.165) is 9.86 Å². The van der Waals surface area contributed by atoms with Crippen molar-refractivity contribution in [1.82, 2.24) is 10.2 Å². The molecule has 0 aromatic heterocycles. The highest BCUT2D eigenvalue weighted by Gasteiger charge is 2.32. The summed E-state index contributed by atoms with van der Waals surface area (Å²) in [5, 5.41) is 4.14. The first-order chi connectivity index (χ1) is 16.7. The number of ether oxygens (including phenoxy) is 4. The first-order valence-corrected chi connectivity index (χ1v) is 12.3. The van der Waals surface area contributed by atoms with E-state index < -0.39 is 11.7 Å². The van der Waals surface area contributed by atoms with Gasteiger partial charge < -0.3 is 24.3 Å². The fraction of sp³-hybridized carbons (Fsp3) is 0.480. The zero-order valence-corrected chi connectivity index (χ0v) is 21.8. The number of halogens is 1. The van der Waals surface area contributed by atoms with Crippen LogP contribution in [0.2, 0.25) is 0 Å². The Bertz CT molecular complexity index is 1050. The van der Waals surface area contributed by atoms with Crippen LogP contribution in [-0.4, -0.2) is 81.1 Å². The van der Waals surface area contributed by atoms with Gasteiger partial charge in [-0.3, -0.25) is 14.5 Å². The summed E-state index contributed by atoms with van der Waals surface area (Å²) in [6.45, 7) is 7.94. The van der Waals surface area contributed by atoms with E-state index in [1.54, 1.807) is 32.9 Å². The minimum atomic E-state index is -0.530. The summed E-state index contributed by atoms with van der Waals surface area (Å²) in [7, 11) is 0. The maximum atomic E-state index is 12.9. The predicted molar refractivity (Wildman–Crippen MR) is 134 cm³/mol. The highest BCUT2D eigenvalue weighted by atomic mass is 79.9. The zero-order chi connectivity index (χ0) is 25.4. The Balaban J connectivity index is 1.28. The molecule has 0 atom stereocenters. The normalized spacial score (nSPS) is 13.4. The average Bonchev–Trinajstić information content (AvgIpc) is 2.79. The molecule has 0 fully saturated rings. The largest absolute Gasteiger partial charge is 0.444 e. The lowest BCUT2D eigenvalue weighted by Crippen LogP contribution is -2.42. The molecule has 10 heteroatoms. The van der Waals surface area contributed by atoms with Gasteiger partial charge in [0.15, 0.2) is 0 Å². The Morgan fingerprint density at radius 1 is 0.886 bits per heavy atom. The highest BCUT2D eigenvalue weighted by molar-refractivity contribution is 9.10. The van der Waals surface area contributed by atoms with Crippen LogP contribution in [0.5, 0.6) is 0 Å². The lowest BCUT2D eigenvalue weighted by Gasteiger charge is -2.27. The van der Waals surface area contributed by atoms with Crippen molar-refractivity contribution in [2.45, 2.75) is 26.4 Å². The number of nitrogens with zero attached hydrogens (tertiary/aromatic N) is 1. The van der Waals surface area contributed by atoms with Crippen LogP contribution in [0.4, 0.5) is 4.79 Å². The van der Waals surface area contributed by atoms with Crippen LogP contribution in [0.1, 0.15) is 41.5 Å². The van der Waals surface area contributed by atoms with Gasteiger partial charge in [-0.2, -0.15) is 0 Å². The fourth-order valence-electron chi connectivity index (χ4n) is 3.55. The molecule has 0 saturated heterocycles. The maximum absolute atomic E-state index is 12.9. The second-order valence-corrected chi connectivity index (χ2v) is 9.71. The third-order valence-electron chi connectivity index (χ3n) is 5.06. The van der Waals surface area contributed by atoms with Gasteiger partial charge in [-0.15, -0.1) is 0 Å². The number of benzene rings is 2. The van der Waals surface area contributed by atoms with Crippen molar-refractivity contribution < 1.29 is 33.3 Å². The first kappa shape index (κ1) is 27.1. The molecule has 0 unspecified atom stereocenters. The highest BCUT2D eigenvalue weighted by Crippen LogP contribution is 2.34. The standard InChI is InChI=1S/C25H31BrN2O7/c1-25(2,3)35-24(31)27-9-11-32-13-15-34-16-14-33-12-10-28-22(29)18-6-4-5-17-20(26)8-7-19(21(17)18)23(28)30/h4-8H,9-16H2,1-3H3,(H,27,31). The van der Waals surface area contributed by atoms with Crippen LogP contribution in [-0.2, 0) is 18.9 Å². The zero-order valence-electron chi connectivity index (χ0n) is 20.2. The Morgan fingerprint density at radius 2 is 1.49 bits per heavy atom. The minimum absolute atomic E-state index is 0.164. The molecule has 2 aromatic rings. The number of alkyl carbamates (subject to hydrolysis) is 1. The van der Waals surface area contributed by atoms with Gasteiger partial charge in [0, 0.05) is 27.5 Å². The third-order valence-corrected chi connectivity index (χ3v) is 5.75. The number of hydrogen-bond acceptors (Lipinski definition) is 7. The maximum Gasteiger partial charge on any atom is 0.407 e. The van der Waals surface area contributed by atoms with E-state index in [-0.39, 0.29) is 25.0 Å². The molecular weight excluding hydrogens is 520 g/mol. The van der Waals surface area contributed by atoms with Gasteiger partial charge in [0.05, 0.1) is 46.2 Å². The molecule has 2 aromatic carbocycles. The first-order valence-electron chi connectivity index (χ1n) is 11.5. The van der Waals surface area contributed by atoms with Gasteiger partial charge in [0.1, 0.15) is 5.60 Å². The molecule has 9 nitrogen and oxygen atoms in total. The molecule has 0 spiro atoms. The van der Waals surface area contributed by atoms with Crippen molar-refractivity contribution in [3.05, 3.63) is 45.9 Å². The number of imide groups is 1. The topological polar surface area (TPSA) is 103 Å². The van der Waals surface area contributed by atoms with E-state index in [9.17, 15) is 14.4 Å². The summed E-state index contributed by atoms with van der Waals surface area (Å²) in [6, 6.07) is 9.00. The summed E-state index contributed by atoms with van der Waals surface area (Å²) in [5.41, 5.74) is 0.503. The summed E-state index contributed by atoms with van der Waals surface area (Å²) in [6.07, 6.45) is -0.475. The van der Waals surface area contributed by atoms with Crippen LogP contribution < -0.4 is 5.32 Å². The molecule has 1 aliphatic rings. The number of nitrogens with one attached hydrogen (secondary N) is 1. The molecule has 0 saturated carbocycles. The Morgan fingerprint density at radius 3 is 2.14 bits per heavy atom. The number of rotatable bonds is 12. The van der Waals surface area contributed by atoms with E-state index in [0.29, 0.717) is 56.1 Å². The second kappa shape index (κ2) is 12.4. The van der Waals surface area contributed by atoms with Crippen LogP contribution >= 0.6 is 15.9 Å². The van der Waals surface area contributed by atoms with E-state index in [4.69, 9.17) is 18.9 Å². The van der Waals surface area contributed by atoms with Crippen molar-refractivity contribution in [3.63, 3.8) is 0 Å². The molecular formula is C25H31BrN2O7. The molecule has 0 radical (unpaired) electrons. The van der Waals surface area contributed by atoms with E-state index >= 15 is 0 Å². The van der Waals surface area contributed by atoms with Crippen molar-refractivity contribution in [3.8, 4) is 0 Å². The van der Waals surface area contributed by atoms with Crippen molar-refractivity contribution in [1.29, 1.82) is 0 Å². The smallest absolute Gasteiger partial charge is 0.407 e. The van der Waals surface area contributed by atoms with Gasteiger partial charge in [-0.1, -0.05) is 28.1 Å². The summed E-state index contributed by atoms with van der Waals surface area (Å²) < 4.78 is 22.3. The molecule has 190 valence electrons. The Kier molecular flexibility index (Phi) is 9.62. The fourth-order valence-corrected chi connectivity index (χ4v) is 4.01. The van der Waals surface area contributed by atoms with Crippen LogP contribution in [0, 0.1) is 0 Å². The van der Waals surface area contributed by atoms with Gasteiger partial charge in [-0.05, 0) is 44.4 Å². The summed E-state index contributed by atoms with van der Waals surface area (Å²) in [5.74, 6) is -0.631. The number of carbonyl (C=O) groups excluding carboxylic acids is 3. The summed E-state index contributed by atoms with van der Waals surface area (Å²) >= 11 is 3.48. The van der Waals surface area contributed by atoms with Crippen molar-refractivity contribution >= 4 is 44.6 Å². The van der Waals surface area contributed by atoms with E-state index in [1.165, 1.54) is 4.90 Å². The van der Waals surface area contributed by atoms with E-state index in [1.807, 2.05) is 18.2 Å². The molecule has 1 heterocycles.